The lowest BCUT2D eigenvalue weighted by molar-refractivity contribution is 0.0624. The van der Waals surface area contributed by atoms with E-state index in [0.29, 0.717) is 11.8 Å². The van der Waals surface area contributed by atoms with E-state index < -0.39 is 12.2 Å². The van der Waals surface area contributed by atoms with Crippen LogP contribution in [0, 0.1) is 0 Å². The summed E-state index contributed by atoms with van der Waals surface area (Å²) in [5.41, 5.74) is 0.659. The van der Waals surface area contributed by atoms with Crippen molar-refractivity contribution in [3.63, 3.8) is 0 Å². The molecule has 2 atom stereocenters. The number of carbonyl (C=O) groups excluding carboxylic acids is 1. The van der Waals surface area contributed by atoms with Crippen molar-refractivity contribution in [1.82, 2.24) is 0 Å². The monoisotopic (exact) mass is 222 g/mol. The van der Waals surface area contributed by atoms with E-state index in [4.69, 9.17) is 5.11 Å². The quantitative estimate of drug-likeness (QED) is 0.663. The molecule has 0 saturated heterocycles. The van der Waals surface area contributed by atoms with Gasteiger partial charge in [-0.1, -0.05) is 24.3 Å². The van der Waals surface area contributed by atoms with Crippen molar-refractivity contribution in [2.24, 2.45) is 0 Å². The number of hydrogen-bond donors (Lipinski definition) is 3. The van der Waals surface area contributed by atoms with Crippen LogP contribution >= 0.6 is 0 Å². The van der Waals surface area contributed by atoms with E-state index >= 15 is 0 Å². The van der Waals surface area contributed by atoms with Crippen LogP contribution in [-0.2, 0) is 0 Å². The van der Waals surface area contributed by atoms with E-state index in [1.807, 2.05) is 0 Å². The van der Waals surface area contributed by atoms with Crippen LogP contribution in [0.2, 0.25) is 0 Å². The van der Waals surface area contributed by atoms with Crippen molar-refractivity contribution in [3.05, 3.63) is 35.4 Å². The van der Waals surface area contributed by atoms with Crippen molar-refractivity contribution in [3.8, 4) is 5.75 Å². The summed E-state index contributed by atoms with van der Waals surface area (Å²) in [7, 11) is 0. The van der Waals surface area contributed by atoms with E-state index in [-0.39, 0.29) is 11.3 Å². The first-order chi connectivity index (χ1) is 7.56. The average Bonchev–Trinajstić information content (AvgIpc) is 2.25. The molecule has 0 saturated carbocycles. The van der Waals surface area contributed by atoms with Crippen molar-refractivity contribution < 1.29 is 20.1 Å². The Bertz CT molecular complexity index is 396. The van der Waals surface area contributed by atoms with Gasteiger partial charge in [-0.25, -0.2) is 0 Å². The van der Waals surface area contributed by atoms with Crippen LogP contribution in [0.25, 0.3) is 6.08 Å². The molecule has 0 aliphatic rings. The summed E-state index contributed by atoms with van der Waals surface area (Å²) in [6, 6.07) is 4.64. The highest BCUT2D eigenvalue weighted by Gasteiger charge is 2.07. The molecule has 0 fully saturated rings. The molecule has 1 rings (SSSR count). The molecule has 0 amide bonds. The van der Waals surface area contributed by atoms with E-state index in [2.05, 4.69) is 0 Å². The Kier molecular flexibility index (Phi) is 4.22. The molecule has 3 N–H and O–H groups in total. The summed E-state index contributed by atoms with van der Waals surface area (Å²) in [6.45, 7) is 1.46. The predicted octanol–water partition coefficient (Wildman–Crippen LogP) is 0.960. The maximum atomic E-state index is 10.7. The zero-order valence-corrected chi connectivity index (χ0v) is 8.87. The van der Waals surface area contributed by atoms with Crippen LogP contribution in [0.4, 0.5) is 0 Å². The molecule has 0 spiro atoms. The molecule has 0 radical (unpaired) electrons. The predicted molar refractivity (Wildman–Crippen MR) is 60.2 cm³/mol. The second kappa shape index (κ2) is 5.44. The normalized spacial score (nSPS) is 14.9. The number of phenols is 1. The van der Waals surface area contributed by atoms with E-state index in [9.17, 15) is 15.0 Å². The number of carbonyl (C=O) groups is 1. The number of phenolic OH excluding ortho intramolecular Hbond substituents is 1. The van der Waals surface area contributed by atoms with E-state index in [0.717, 1.165) is 0 Å². The first kappa shape index (κ1) is 12.4. The summed E-state index contributed by atoms with van der Waals surface area (Å²) in [6.07, 6.45) is 1.52. The lowest BCUT2D eigenvalue weighted by atomic mass is 10.1. The van der Waals surface area contributed by atoms with Crippen LogP contribution in [0.15, 0.2) is 24.3 Å². The molecule has 0 aliphatic carbocycles. The summed E-state index contributed by atoms with van der Waals surface area (Å²) in [5.74, 6) is -0.108. The lowest BCUT2D eigenvalue weighted by Crippen LogP contribution is -2.19. The zero-order chi connectivity index (χ0) is 12.1. The van der Waals surface area contributed by atoms with Gasteiger partial charge in [0.1, 0.15) is 5.75 Å². The maximum absolute atomic E-state index is 10.7. The summed E-state index contributed by atoms with van der Waals surface area (Å²) in [5, 5.41) is 27.8. The number of aldehydes is 1. The fourth-order valence-corrected chi connectivity index (χ4v) is 1.21. The molecule has 0 bridgehead atoms. The number of benzene rings is 1. The van der Waals surface area contributed by atoms with Crippen LogP contribution < -0.4 is 0 Å². The van der Waals surface area contributed by atoms with Gasteiger partial charge >= 0.3 is 0 Å². The lowest BCUT2D eigenvalue weighted by Gasteiger charge is -2.08. The molecule has 1 aromatic carbocycles. The Hall–Kier alpha value is -1.65. The third-order valence-corrected chi connectivity index (χ3v) is 2.20. The molecule has 0 heterocycles. The van der Waals surface area contributed by atoms with Gasteiger partial charge in [0, 0.05) is 0 Å². The highest BCUT2D eigenvalue weighted by molar-refractivity contribution is 5.85. The second-order valence-corrected chi connectivity index (χ2v) is 3.49. The topological polar surface area (TPSA) is 77.8 Å². The van der Waals surface area contributed by atoms with Gasteiger partial charge in [-0.05, 0) is 18.6 Å². The minimum absolute atomic E-state index is 0.108. The average molecular weight is 222 g/mol. The van der Waals surface area contributed by atoms with Crippen LogP contribution in [0.5, 0.6) is 5.75 Å². The van der Waals surface area contributed by atoms with Gasteiger partial charge in [0.25, 0.3) is 0 Å². The zero-order valence-electron chi connectivity index (χ0n) is 8.87. The Morgan fingerprint density at radius 3 is 2.56 bits per heavy atom. The Balaban J connectivity index is 2.97. The smallest absolute Gasteiger partial charge is 0.154 e. The van der Waals surface area contributed by atoms with Gasteiger partial charge in [0.15, 0.2) is 6.29 Å². The highest BCUT2D eigenvalue weighted by Crippen LogP contribution is 2.20. The summed E-state index contributed by atoms with van der Waals surface area (Å²) < 4.78 is 0. The third-order valence-electron chi connectivity index (χ3n) is 2.20. The molecule has 4 heteroatoms. The fraction of sp³-hybridized carbons (Fsp3) is 0.250. The molecule has 86 valence electrons. The number of aliphatic hydroxyl groups excluding tert-OH is 2. The molecule has 0 aliphatic heterocycles. The van der Waals surface area contributed by atoms with Crippen LogP contribution in [-0.4, -0.2) is 33.8 Å². The van der Waals surface area contributed by atoms with Crippen molar-refractivity contribution >= 4 is 12.4 Å². The number of rotatable bonds is 4. The van der Waals surface area contributed by atoms with Gasteiger partial charge in [0.2, 0.25) is 0 Å². The van der Waals surface area contributed by atoms with Gasteiger partial charge in [-0.3, -0.25) is 4.79 Å². The Morgan fingerprint density at radius 1 is 1.31 bits per heavy atom. The fourth-order valence-electron chi connectivity index (χ4n) is 1.21. The van der Waals surface area contributed by atoms with E-state index in [1.54, 1.807) is 12.1 Å². The minimum Gasteiger partial charge on any atom is -0.507 e. The molecule has 4 nitrogen and oxygen atoms in total. The van der Waals surface area contributed by atoms with E-state index in [1.165, 1.54) is 25.1 Å². The maximum Gasteiger partial charge on any atom is 0.154 e. The van der Waals surface area contributed by atoms with Gasteiger partial charge in [-0.2, -0.15) is 0 Å². The summed E-state index contributed by atoms with van der Waals surface area (Å²) in [4.78, 5) is 10.7. The third kappa shape index (κ3) is 2.92. The number of hydrogen-bond acceptors (Lipinski definition) is 4. The van der Waals surface area contributed by atoms with Gasteiger partial charge in [-0.15, -0.1) is 0 Å². The SMILES string of the molecule is C[C@H](O)[C@H](O)C=Cc1cccc(O)c1C=O. The minimum atomic E-state index is -0.998. The van der Waals surface area contributed by atoms with Crippen LogP contribution in [0.3, 0.4) is 0 Å². The number of aliphatic hydroxyl groups is 2. The van der Waals surface area contributed by atoms with Crippen molar-refractivity contribution in [1.29, 1.82) is 0 Å². The molecule has 1 aromatic rings. The molecule has 16 heavy (non-hydrogen) atoms. The standard InChI is InChI=1S/C12H14O4/c1-8(14)11(15)6-5-9-3-2-4-12(16)10(9)7-13/h2-8,11,14-16H,1H3/t8-,11+/m0/s1. The molecular weight excluding hydrogens is 208 g/mol. The van der Waals surface area contributed by atoms with Crippen molar-refractivity contribution in [2.75, 3.05) is 0 Å². The van der Waals surface area contributed by atoms with Crippen molar-refractivity contribution in [2.45, 2.75) is 19.1 Å². The Labute approximate surface area is 93.5 Å². The second-order valence-electron chi connectivity index (χ2n) is 3.49. The van der Waals surface area contributed by atoms with Gasteiger partial charge < -0.3 is 15.3 Å². The first-order valence-corrected chi connectivity index (χ1v) is 4.87. The largest absolute Gasteiger partial charge is 0.507 e. The molecule has 0 aromatic heterocycles. The highest BCUT2D eigenvalue weighted by atomic mass is 16.3. The number of aromatic hydroxyl groups is 1. The van der Waals surface area contributed by atoms with Gasteiger partial charge in [0.05, 0.1) is 17.8 Å². The summed E-state index contributed by atoms with van der Waals surface area (Å²) >= 11 is 0. The molecular formula is C12H14O4. The Morgan fingerprint density at radius 2 is 2.00 bits per heavy atom. The van der Waals surface area contributed by atoms with Crippen LogP contribution in [0.1, 0.15) is 22.8 Å². The first-order valence-electron chi connectivity index (χ1n) is 4.87. The molecule has 0 unspecified atom stereocenters.